The quantitative estimate of drug-likeness (QED) is 0.242. The van der Waals surface area contributed by atoms with Crippen molar-refractivity contribution >= 4 is 39.6 Å². The van der Waals surface area contributed by atoms with Crippen LogP contribution in [0.4, 0.5) is 10.6 Å². The molecule has 0 aliphatic rings. The van der Waals surface area contributed by atoms with Gasteiger partial charge in [0.05, 0.1) is 18.3 Å². The van der Waals surface area contributed by atoms with Crippen molar-refractivity contribution in [3.8, 4) is 17.0 Å². The molecule has 9 nitrogen and oxygen atoms in total. The maximum atomic E-state index is 12.3. The molecule has 0 spiro atoms. The highest BCUT2D eigenvalue weighted by Crippen LogP contribution is 2.34. The van der Waals surface area contributed by atoms with Gasteiger partial charge in [-0.2, -0.15) is 0 Å². The minimum atomic E-state index is -0.583. The second kappa shape index (κ2) is 8.72. The van der Waals surface area contributed by atoms with Gasteiger partial charge in [0.1, 0.15) is 11.6 Å². The number of aromatic nitrogens is 2. The van der Waals surface area contributed by atoms with E-state index >= 15 is 0 Å². The number of nitrogens with zero attached hydrogens (tertiary/aromatic N) is 1. The number of methoxy groups -OCH3 is 1. The molecule has 3 amide bonds. The van der Waals surface area contributed by atoms with Gasteiger partial charge in [0.25, 0.3) is 0 Å². The molecule has 0 saturated carbocycles. The number of para-hydroxylation sites is 1. The number of carbonyl (C=O) groups excluding carboxylic acids is 2. The Morgan fingerprint density at radius 2 is 1.87 bits per heavy atom. The van der Waals surface area contributed by atoms with Crippen LogP contribution in [0.15, 0.2) is 54.6 Å². The van der Waals surface area contributed by atoms with Crippen molar-refractivity contribution in [2.75, 3.05) is 19.0 Å². The fourth-order valence-corrected chi connectivity index (χ4v) is 3.37. The molecule has 0 atom stereocenters. The molecule has 0 saturated heterocycles. The summed E-state index contributed by atoms with van der Waals surface area (Å²) in [5.74, 6) is 0.518. The van der Waals surface area contributed by atoms with E-state index in [0.29, 0.717) is 11.5 Å². The van der Waals surface area contributed by atoms with Crippen LogP contribution >= 0.6 is 0 Å². The molecule has 0 unspecified atom stereocenters. The molecule has 31 heavy (non-hydrogen) atoms. The number of amides is 3. The van der Waals surface area contributed by atoms with Gasteiger partial charge in [-0.15, -0.1) is 0 Å². The lowest BCUT2D eigenvalue weighted by atomic mass is 10.1. The van der Waals surface area contributed by atoms with Crippen LogP contribution in [0.2, 0.25) is 0 Å². The van der Waals surface area contributed by atoms with Crippen molar-refractivity contribution in [3.63, 3.8) is 0 Å². The Labute approximate surface area is 177 Å². The number of hydroxylamine groups is 1. The maximum absolute atomic E-state index is 12.3. The first-order valence-electron chi connectivity index (χ1n) is 9.62. The van der Waals surface area contributed by atoms with Crippen LogP contribution in [0.25, 0.3) is 33.1 Å². The first-order chi connectivity index (χ1) is 15.1. The molecule has 158 valence electrons. The summed E-state index contributed by atoms with van der Waals surface area (Å²) in [7, 11) is 1.61. The van der Waals surface area contributed by atoms with Crippen LogP contribution in [0, 0.1) is 0 Å². The van der Waals surface area contributed by atoms with Crippen LogP contribution in [0.3, 0.4) is 0 Å². The Hall–Kier alpha value is -4.11. The predicted octanol–water partition coefficient (Wildman–Crippen LogP) is 3.41. The zero-order chi connectivity index (χ0) is 21.8. The molecule has 0 aliphatic heterocycles. The van der Waals surface area contributed by atoms with Crippen LogP contribution in [-0.4, -0.2) is 40.8 Å². The Morgan fingerprint density at radius 1 is 1.10 bits per heavy atom. The highest BCUT2D eigenvalue weighted by atomic mass is 16.5. The van der Waals surface area contributed by atoms with Crippen molar-refractivity contribution in [2.45, 2.75) is 6.42 Å². The molecule has 0 radical (unpaired) electrons. The summed E-state index contributed by atoms with van der Waals surface area (Å²) in [5.41, 5.74) is 4.89. The topological polar surface area (TPSA) is 128 Å². The van der Waals surface area contributed by atoms with Crippen LogP contribution < -0.4 is 20.9 Å². The van der Waals surface area contributed by atoms with Crippen molar-refractivity contribution in [3.05, 3.63) is 54.6 Å². The summed E-state index contributed by atoms with van der Waals surface area (Å²) in [6.07, 6.45) is -0.0457. The monoisotopic (exact) mass is 419 g/mol. The van der Waals surface area contributed by atoms with Gasteiger partial charge in [-0.25, -0.2) is 15.3 Å². The first kappa shape index (κ1) is 20.2. The lowest BCUT2D eigenvalue weighted by Crippen LogP contribution is -2.32. The van der Waals surface area contributed by atoms with Crippen LogP contribution in [0.1, 0.15) is 6.42 Å². The van der Waals surface area contributed by atoms with Gasteiger partial charge in [0.2, 0.25) is 5.91 Å². The van der Waals surface area contributed by atoms with E-state index < -0.39 is 11.9 Å². The largest absolute Gasteiger partial charge is 0.497 e. The van der Waals surface area contributed by atoms with Gasteiger partial charge in [-0.3, -0.25) is 15.3 Å². The van der Waals surface area contributed by atoms with E-state index in [9.17, 15) is 9.59 Å². The number of hydrogen-bond acceptors (Lipinski definition) is 5. The average molecular weight is 419 g/mol. The Bertz CT molecular complexity index is 1250. The highest BCUT2D eigenvalue weighted by molar-refractivity contribution is 6.12. The van der Waals surface area contributed by atoms with Gasteiger partial charge in [0.15, 0.2) is 0 Å². The van der Waals surface area contributed by atoms with E-state index in [1.165, 1.54) is 5.48 Å². The minimum Gasteiger partial charge on any atom is -0.497 e. The number of nitrogens with one attached hydrogen (secondary N) is 4. The molecule has 0 fully saturated rings. The predicted molar refractivity (Wildman–Crippen MR) is 117 cm³/mol. The number of benzene rings is 2. The molecular weight excluding hydrogens is 398 g/mol. The van der Waals surface area contributed by atoms with Gasteiger partial charge < -0.3 is 15.0 Å². The third-order valence-corrected chi connectivity index (χ3v) is 4.86. The highest BCUT2D eigenvalue weighted by Gasteiger charge is 2.15. The van der Waals surface area contributed by atoms with Crippen molar-refractivity contribution < 1.29 is 19.5 Å². The van der Waals surface area contributed by atoms with Crippen molar-refractivity contribution in [2.24, 2.45) is 0 Å². The number of H-pyrrole nitrogens is 1. The standard InChI is InChI=1S/C22H21N5O4/c1-31-14-8-6-13(7-9-14)20-21-16(15-4-2-3-5-17(15)24-21)12-18(25-20)26-22(29)23-11-10-19(28)27-30/h2-9,12,24,30H,10-11H2,1H3,(H,27,28)(H2,23,25,26,29). The maximum Gasteiger partial charge on any atom is 0.320 e. The zero-order valence-corrected chi connectivity index (χ0v) is 16.7. The molecule has 2 aromatic carbocycles. The summed E-state index contributed by atoms with van der Waals surface area (Å²) in [4.78, 5) is 31.4. The number of carbonyl (C=O) groups is 2. The molecule has 4 aromatic rings. The van der Waals surface area contributed by atoms with Gasteiger partial charge in [-0.1, -0.05) is 18.2 Å². The molecule has 2 heterocycles. The number of ether oxygens (including phenoxy) is 1. The van der Waals surface area contributed by atoms with Gasteiger partial charge in [-0.05, 0) is 36.4 Å². The van der Waals surface area contributed by atoms with E-state index in [1.54, 1.807) is 13.2 Å². The molecule has 2 aromatic heterocycles. The molecule has 9 heteroatoms. The number of rotatable bonds is 6. The third kappa shape index (κ3) is 4.26. The van der Waals surface area contributed by atoms with Gasteiger partial charge in [0, 0.05) is 34.8 Å². The molecule has 4 rings (SSSR count). The number of fused-ring (bicyclic) bond motifs is 3. The lowest BCUT2D eigenvalue weighted by molar-refractivity contribution is -0.129. The van der Waals surface area contributed by atoms with Gasteiger partial charge >= 0.3 is 6.03 Å². The first-order valence-corrected chi connectivity index (χ1v) is 9.62. The van der Waals surface area contributed by atoms with E-state index in [4.69, 9.17) is 9.94 Å². The fraction of sp³-hybridized carbons (Fsp3) is 0.136. The summed E-state index contributed by atoms with van der Waals surface area (Å²) < 4.78 is 5.24. The molecule has 5 N–H and O–H groups in total. The average Bonchev–Trinajstić information content (AvgIpc) is 3.17. The number of urea groups is 1. The second-order valence-corrected chi connectivity index (χ2v) is 6.84. The summed E-state index contributed by atoms with van der Waals surface area (Å²) in [6.45, 7) is 0.0683. The van der Waals surface area contributed by atoms with Crippen LogP contribution in [0.5, 0.6) is 5.75 Å². The lowest BCUT2D eigenvalue weighted by Gasteiger charge is -2.10. The summed E-state index contributed by atoms with van der Waals surface area (Å²) in [6, 6.07) is 16.7. The van der Waals surface area contributed by atoms with E-state index in [0.717, 1.165) is 33.1 Å². The molecular formula is C22H21N5O4. The Kier molecular flexibility index (Phi) is 5.67. The number of aromatic amines is 1. The van der Waals surface area contributed by atoms with Crippen LogP contribution in [-0.2, 0) is 4.79 Å². The number of hydrogen-bond donors (Lipinski definition) is 5. The third-order valence-electron chi connectivity index (χ3n) is 4.86. The SMILES string of the molecule is COc1ccc(-c2nc(NC(=O)NCCC(=O)NO)cc3c2[nH]c2ccccc23)cc1. The molecule has 0 aliphatic carbocycles. The normalized spacial score (nSPS) is 10.8. The van der Waals surface area contributed by atoms with Crippen molar-refractivity contribution in [1.82, 2.24) is 20.8 Å². The summed E-state index contributed by atoms with van der Waals surface area (Å²) in [5, 5.41) is 15.7. The number of anilines is 1. The fourth-order valence-electron chi connectivity index (χ4n) is 3.37. The smallest absolute Gasteiger partial charge is 0.320 e. The number of pyridine rings is 1. The minimum absolute atomic E-state index is 0.0457. The summed E-state index contributed by atoms with van der Waals surface area (Å²) >= 11 is 0. The Morgan fingerprint density at radius 3 is 2.61 bits per heavy atom. The zero-order valence-electron chi connectivity index (χ0n) is 16.7. The van der Waals surface area contributed by atoms with E-state index in [1.807, 2.05) is 48.5 Å². The van der Waals surface area contributed by atoms with Crippen molar-refractivity contribution in [1.29, 1.82) is 0 Å². The molecule has 0 bridgehead atoms. The van der Waals surface area contributed by atoms with E-state index in [2.05, 4.69) is 20.6 Å². The van der Waals surface area contributed by atoms with E-state index in [-0.39, 0.29) is 13.0 Å². The Balaban J connectivity index is 1.71. The second-order valence-electron chi connectivity index (χ2n) is 6.84.